The summed E-state index contributed by atoms with van der Waals surface area (Å²) in [5.74, 6) is -2.09. The van der Waals surface area contributed by atoms with Crippen LogP contribution in [0.15, 0.2) is 18.2 Å². The van der Waals surface area contributed by atoms with E-state index in [1.54, 1.807) is 0 Å². The molecule has 1 rings (SSSR count). The van der Waals surface area contributed by atoms with Gasteiger partial charge < -0.3 is 20.1 Å². The molecular weight excluding hydrogens is 196 g/mol. The second-order valence-electron chi connectivity index (χ2n) is 2.16. The van der Waals surface area contributed by atoms with Crippen LogP contribution in [0.5, 0.6) is 0 Å². The molecule has 0 spiro atoms. The molecule has 0 aliphatic heterocycles. The zero-order chi connectivity index (χ0) is 11.1. The fourth-order valence-corrected chi connectivity index (χ4v) is 0.673. The third kappa shape index (κ3) is 4.33. The normalized spacial score (nSPS) is 8.71. The van der Waals surface area contributed by atoms with Crippen LogP contribution in [-0.2, 0) is 0 Å². The van der Waals surface area contributed by atoms with Crippen LogP contribution in [0.2, 0.25) is 0 Å². The van der Waals surface area contributed by atoms with Crippen molar-refractivity contribution in [2.45, 2.75) is 0 Å². The van der Waals surface area contributed by atoms with Gasteiger partial charge in [0.05, 0.1) is 0 Å². The van der Waals surface area contributed by atoms with Gasteiger partial charge in [-0.25, -0.2) is 8.78 Å². The minimum atomic E-state index is -1.76. The Kier molecular flexibility index (Phi) is 6.05. The molecule has 0 saturated heterocycles. The van der Waals surface area contributed by atoms with Crippen molar-refractivity contribution in [2.75, 3.05) is 0 Å². The molecule has 75 valence electrons. The Morgan fingerprint density at radius 3 is 1.93 bits per heavy atom. The first-order valence-electron chi connectivity index (χ1n) is 3.44. The highest BCUT2D eigenvalue weighted by molar-refractivity contribution is 6.58. The maximum absolute atomic E-state index is 12.3. The molecule has 1 aromatic carbocycles. The van der Waals surface area contributed by atoms with E-state index in [9.17, 15) is 8.78 Å². The van der Waals surface area contributed by atoms with E-state index >= 15 is 0 Å². The summed E-state index contributed by atoms with van der Waals surface area (Å²) < 4.78 is 24.6. The standard InChI is InChI=1S/C6H5BF2O2.BH2O2/c8-5-2-1-4(7(10)11)3-6(5)9;2-1-3/h1-3,10-11H;2-3H. The molecule has 0 fully saturated rings. The number of halogens is 2. The third-order valence-electron chi connectivity index (χ3n) is 1.24. The van der Waals surface area contributed by atoms with Crippen LogP contribution in [0.1, 0.15) is 0 Å². The molecule has 0 bridgehead atoms. The zero-order valence-corrected chi connectivity index (χ0v) is 6.93. The van der Waals surface area contributed by atoms with Gasteiger partial charge in [0.25, 0.3) is 0 Å². The van der Waals surface area contributed by atoms with Crippen molar-refractivity contribution in [1.82, 2.24) is 0 Å². The average Bonchev–Trinajstić information content (AvgIpc) is 2.10. The van der Waals surface area contributed by atoms with Crippen LogP contribution < -0.4 is 5.46 Å². The van der Waals surface area contributed by atoms with E-state index in [1.807, 2.05) is 0 Å². The first kappa shape index (κ1) is 13.0. The summed E-state index contributed by atoms with van der Waals surface area (Å²) in [5.41, 5.74) is -0.0658. The van der Waals surface area contributed by atoms with Crippen LogP contribution in [0.3, 0.4) is 0 Å². The van der Waals surface area contributed by atoms with E-state index in [1.165, 1.54) is 0 Å². The minimum absolute atomic E-state index is 0. The topological polar surface area (TPSA) is 80.9 Å². The first-order chi connectivity index (χ1) is 6.52. The first-order valence-corrected chi connectivity index (χ1v) is 3.44. The van der Waals surface area contributed by atoms with Gasteiger partial charge in [0.1, 0.15) is 0 Å². The molecule has 0 aliphatic carbocycles. The lowest BCUT2D eigenvalue weighted by Gasteiger charge is -1.98. The fourth-order valence-electron chi connectivity index (χ4n) is 0.673. The summed E-state index contributed by atoms with van der Waals surface area (Å²) in [7, 11) is -1.76. The predicted octanol–water partition coefficient (Wildman–Crippen LogP) is -1.85. The second kappa shape index (κ2) is 6.50. The molecule has 0 aromatic heterocycles. The van der Waals surface area contributed by atoms with Crippen molar-refractivity contribution >= 4 is 20.3 Å². The predicted molar refractivity (Wildman–Crippen MR) is 46.4 cm³/mol. The highest BCUT2D eigenvalue weighted by Gasteiger charge is 2.12. The van der Waals surface area contributed by atoms with E-state index in [4.69, 9.17) is 20.1 Å². The van der Waals surface area contributed by atoms with Crippen molar-refractivity contribution in [2.24, 2.45) is 0 Å². The Bertz CT molecular complexity index is 285. The van der Waals surface area contributed by atoms with Crippen molar-refractivity contribution in [3.05, 3.63) is 29.8 Å². The number of benzene rings is 1. The largest absolute Gasteiger partial charge is 0.488 e. The van der Waals surface area contributed by atoms with Crippen LogP contribution in [0.25, 0.3) is 0 Å². The maximum Gasteiger partial charge on any atom is 0.488 e. The highest BCUT2D eigenvalue weighted by Crippen LogP contribution is 2.01. The number of hydrogen-bond donors (Lipinski definition) is 4. The van der Waals surface area contributed by atoms with Gasteiger partial charge in [0.2, 0.25) is 0 Å². The summed E-state index contributed by atoms with van der Waals surface area (Å²) in [4.78, 5) is 0. The minimum Gasteiger partial charge on any atom is -0.429 e. The van der Waals surface area contributed by atoms with Gasteiger partial charge in [-0.1, -0.05) is 6.07 Å². The molecular formula is C6H7B2F2O4. The Hall–Kier alpha value is -0.950. The number of hydrogen-bond acceptors (Lipinski definition) is 4. The SMILES string of the molecule is OB(O)c1ccc(F)c(F)c1.O[B]O. The molecule has 8 heteroatoms. The van der Waals surface area contributed by atoms with Crippen molar-refractivity contribution in [3.8, 4) is 0 Å². The molecule has 1 radical (unpaired) electrons. The Balaban J connectivity index is 0.000000500. The molecule has 0 unspecified atom stereocenters. The summed E-state index contributed by atoms with van der Waals surface area (Å²) in [5, 5.41) is 31.0. The molecule has 4 nitrogen and oxygen atoms in total. The van der Waals surface area contributed by atoms with E-state index in [2.05, 4.69) is 0 Å². The molecule has 0 heterocycles. The maximum atomic E-state index is 12.3. The van der Waals surface area contributed by atoms with E-state index in [0.29, 0.717) is 0 Å². The van der Waals surface area contributed by atoms with Crippen molar-refractivity contribution < 1.29 is 28.9 Å². The molecule has 0 atom stereocenters. The van der Waals surface area contributed by atoms with Crippen LogP contribution in [0, 0.1) is 11.6 Å². The summed E-state index contributed by atoms with van der Waals surface area (Å²) in [6, 6.07) is 2.67. The highest BCUT2D eigenvalue weighted by atomic mass is 19.2. The lowest BCUT2D eigenvalue weighted by molar-refractivity contribution is 0.425. The van der Waals surface area contributed by atoms with Gasteiger partial charge in [0, 0.05) is 0 Å². The summed E-state index contributed by atoms with van der Waals surface area (Å²) in [6.07, 6.45) is 0. The Labute approximate surface area is 79.9 Å². The fraction of sp³-hybridized carbons (Fsp3) is 0. The van der Waals surface area contributed by atoms with Crippen LogP contribution in [0.4, 0.5) is 8.78 Å². The molecule has 0 saturated carbocycles. The quantitative estimate of drug-likeness (QED) is 0.403. The molecule has 4 N–H and O–H groups in total. The Morgan fingerprint density at radius 2 is 1.57 bits per heavy atom. The third-order valence-corrected chi connectivity index (χ3v) is 1.24. The van der Waals surface area contributed by atoms with Gasteiger partial charge >= 0.3 is 14.8 Å². The van der Waals surface area contributed by atoms with Crippen molar-refractivity contribution in [1.29, 1.82) is 0 Å². The van der Waals surface area contributed by atoms with Gasteiger partial charge in [-0.15, -0.1) is 0 Å². The Morgan fingerprint density at radius 1 is 1.07 bits per heavy atom. The lowest BCUT2D eigenvalue weighted by atomic mass is 9.80. The van der Waals surface area contributed by atoms with Crippen LogP contribution >= 0.6 is 0 Å². The second-order valence-corrected chi connectivity index (χ2v) is 2.16. The summed E-state index contributed by atoms with van der Waals surface area (Å²) >= 11 is 0. The van der Waals surface area contributed by atoms with E-state index in [-0.39, 0.29) is 13.1 Å². The van der Waals surface area contributed by atoms with E-state index in [0.717, 1.165) is 18.2 Å². The van der Waals surface area contributed by atoms with Gasteiger partial charge in [-0.3, -0.25) is 0 Å². The van der Waals surface area contributed by atoms with E-state index < -0.39 is 18.8 Å². The van der Waals surface area contributed by atoms with Gasteiger partial charge in [-0.2, -0.15) is 0 Å². The lowest BCUT2D eigenvalue weighted by Crippen LogP contribution is -2.30. The average molecular weight is 203 g/mol. The monoisotopic (exact) mass is 203 g/mol. The smallest absolute Gasteiger partial charge is 0.429 e. The van der Waals surface area contributed by atoms with Crippen molar-refractivity contribution in [3.63, 3.8) is 0 Å². The molecule has 1 aromatic rings. The van der Waals surface area contributed by atoms with Gasteiger partial charge in [0.15, 0.2) is 11.6 Å². The molecule has 0 aliphatic rings. The van der Waals surface area contributed by atoms with Gasteiger partial charge in [-0.05, 0) is 17.6 Å². The van der Waals surface area contributed by atoms with Crippen LogP contribution in [-0.4, -0.2) is 34.9 Å². The number of rotatable bonds is 1. The summed E-state index contributed by atoms with van der Waals surface area (Å²) in [6.45, 7) is 0. The zero-order valence-electron chi connectivity index (χ0n) is 6.93. The molecule has 0 amide bonds. The molecule has 14 heavy (non-hydrogen) atoms.